The SMILES string of the molecule is CC[C@H]1CCCCN1C[C@@H](O)COCc1cccc(OC)c1. The van der Waals surface area contributed by atoms with E-state index in [0.29, 0.717) is 19.3 Å². The number of rotatable bonds is 8. The van der Waals surface area contributed by atoms with Crippen LogP contribution in [0.2, 0.25) is 0 Å². The first-order valence-electron chi connectivity index (χ1n) is 8.35. The number of hydrogen-bond acceptors (Lipinski definition) is 4. The molecule has 0 aromatic heterocycles. The number of hydrogen-bond donors (Lipinski definition) is 1. The van der Waals surface area contributed by atoms with Gasteiger partial charge in [-0.25, -0.2) is 0 Å². The van der Waals surface area contributed by atoms with Crippen molar-refractivity contribution in [3.05, 3.63) is 29.8 Å². The molecule has 0 radical (unpaired) electrons. The maximum Gasteiger partial charge on any atom is 0.119 e. The van der Waals surface area contributed by atoms with Gasteiger partial charge in [0.25, 0.3) is 0 Å². The van der Waals surface area contributed by atoms with Crippen LogP contribution in [0.5, 0.6) is 5.75 Å². The Morgan fingerprint density at radius 2 is 2.23 bits per heavy atom. The first-order chi connectivity index (χ1) is 10.7. The highest BCUT2D eigenvalue weighted by Gasteiger charge is 2.22. The number of methoxy groups -OCH3 is 1. The van der Waals surface area contributed by atoms with Gasteiger partial charge in [0, 0.05) is 12.6 Å². The average Bonchev–Trinajstić information content (AvgIpc) is 2.55. The molecule has 2 atom stereocenters. The van der Waals surface area contributed by atoms with E-state index in [0.717, 1.165) is 30.8 Å². The number of aliphatic hydroxyl groups excluding tert-OH is 1. The van der Waals surface area contributed by atoms with Crippen LogP contribution in [0, 0.1) is 0 Å². The van der Waals surface area contributed by atoms with Gasteiger partial charge in [-0.15, -0.1) is 0 Å². The molecule has 0 spiro atoms. The van der Waals surface area contributed by atoms with Crippen LogP contribution < -0.4 is 4.74 Å². The largest absolute Gasteiger partial charge is 0.497 e. The minimum atomic E-state index is -0.419. The van der Waals surface area contributed by atoms with E-state index >= 15 is 0 Å². The Balaban J connectivity index is 1.71. The molecule has 4 nitrogen and oxygen atoms in total. The highest BCUT2D eigenvalue weighted by molar-refractivity contribution is 5.27. The lowest BCUT2D eigenvalue weighted by molar-refractivity contribution is -0.00379. The molecule has 1 heterocycles. The highest BCUT2D eigenvalue weighted by Crippen LogP contribution is 2.19. The van der Waals surface area contributed by atoms with E-state index in [2.05, 4.69) is 11.8 Å². The second-order valence-electron chi connectivity index (χ2n) is 6.07. The molecular formula is C18H29NO3. The highest BCUT2D eigenvalue weighted by atomic mass is 16.5. The van der Waals surface area contributed by atoms with Gasteiger partial charge in [0.1, 0.15) is 5.75 Å². The molecule has 1 aliphatic heterocycles. The van der Waals surface area contributed by atoms with Crippen molar-refractivity contribution in [3.63, 3.8) is 0 Å². The fraction of sp³-hybridized carbons (Fsp3) is 0.667. The lowest BCUT2D eigenvalue weighted by atomic mass is 10.00. The van der Waals surface area contributed by atoms with Gasteiger partial charge in [0.2, 0.25) is 0 Å². The zero-order valence-electron chi connectivity index (χ0n) is 13.8. The fourth-order valence-corrected chi connectivity index (χ4v) is 3.16. The van der Waals surface area contributed by atoms with Crippen LogP contribution in [0.15, 0.2) is 24.3 Å². The van der Waals surface area contributed by atoms with Gasteiger partial charge < -0.3 is 14.6 Å². The topological polar surface area (TPSA) is 41.9 Å². The van der Waals surface area contributed by atoms with E-state index in [1.54, 1.807) is 7.11 Å². The smallest absolute Gasteiger partial charge is 0.119 e. The summed E-state index contributed by atoms with van der Waals surface area (Å²) in [7, 11) is 1.66. The molecule has 124 valence electrons. The molecule has 1 fully saturated rings. The molecule has 1 aromatic carbocycles. The Hall–Kier alpha value is -1.10. The molecule has 0 amide bonds. The number of likely N-dealkylation sites (tertiary alicyclic amines) is 1. The number of β-amino-alcohol motifs (C(OH)–C–C–N with tert-alkyl or cyclic N) is 1. The maximum absolute atomic E-state index is 10.2. The second-order valence-corrected chi connectivity index (χ2v) is 6.07. The number of piperidine rings is 1. The number of aliphatic hydroxyl groups is 1. The molecule has 22 heavy (non-hydrogen) atoms. The summed E-state index contributed by atoms with van der Waals surface area (Å²) in [4.78, 5) is 2.42. The van der Waals surface area contributed by atoms with Crippen LogP contribution in [0.3, 0.4) is 0 Å². The molecule has 2 rings (SSSR count). The summed E-state index contributed by atoms with van der Waals surface area (Å²) in [5, 5.41) is 10.2. The Morgan fingerprint density at radius 3 is 3.00 bits per heavy atom. The predicted molar refractivity (Wildman–Crippen MR) is 88.2 cm³/mol. The molecule has 0 saturated carbocycles. The van der Waals surface area contributed by atoms with Crippen molar-refractivity contribution in [1.29, 1.82) is 0 Å². The number of benzene rings is 1. The van der Waals surface area contributed by atoms with Crippen LogP contribution in [-0.2, 0) is 11.3 Å². The summed E-state index contributed by atoms with van der Waals surface area (Å²) in [6.45, 7) is 4.94. The Morgan fingerprint density at radius 1 is 1.36 bits per heavy atom. The lowest BCUT2D eigenvalue weighted by Crippen LogP contribution is -2.44. The second kappa shape index (κ2) is 9.13. The monoisotopic (exact) mass is 307 g/mol. The van der Waals surface area contributed by atoms with Crippen molar-refractivity contribution in [3.8, 4) is 5.75 Å². The minimum Gasteiger partial charge on any atom is -0.497 e. The van der Waals surface area contributed by atoms with Crippen molar-refractivity contribution >= 4 is 0 Å². The molecule has 4 heteroatoms. The molecule has 0 unspecified atom stereocenters. The third kappa shape index (κ3) is 5.27. The summed E-state index contributed by atoms with van der Waals surface area (Å²) in [5.41, 5.74) is 1.07. The van der Waals surface area contributed by atoms with Crippen LogP contribution in [0.1, 0.15) is 38.2 Å². The molecule has 1 aliphatic rings. The van der Waals surface area contributed by atoms with E-state index in [1.807, 2.05) is 24.3 Å². The summed E-state index contributed by atoms with van der Waals surface area (Å²) in [6, 6.07) is 8.46. The Bertz CT molecular complexity index is 438. The predicted octanol–water partition coefficient (Wildman–Crippen LogP) is 2.84. The van der Waals surface area contributed by atoms with Gasteiger partial charge >= 0.3 is 0 Å². The molecule has 1 saturated heterocycles. The van der Waals surface area contributed by atoms with Crippen molar-refractivity contribution in [1.82, 2.24) is 4.90 Å². The number of nitrogens with zero attached hydrogens (tertiary/aromatic N) is 1. The third-order valence-electron chi connectivity index (χ3n) is 4.38. The normalized spacial score (nSPS) is 20.8. The zero-order valence-corrected chi connectivity index (χ0v) is 13.8. The van der Waals surface area contributed by atoms with Crippen LogP contribution >= 0.6 is 0 Å². The summed E-state index contributed by atoms with van der Waals surface area (Å²) in [5.74, 6) is 0.834. The van der Waals surface area contributed by atoms with Gasteiger partial charge in [-0.2, -0.15) is 0 Å². The standard InChI is InChI=1S/C18H29NO3/c1-3-16-8-4-5-10-19(16)12-17(20)14-22-13-15-7-6-9-18(11-15)21-2/h6-7,9,11,16-17,20H,3-5,8,10,12-14H2,1-2H3/t16-,17+/m0/s1. The lowest BCUT2D eigenvalue weighted by Gasteiger charge is -2.36. The molecular weight excluding hydrogens is 278 g/mol. The number of ether oxygens (including phenoxy) is 2. The summed E-state index contributed by atoms with van der Waals surface area (Å²) >= 11 is 0. The minimum absolute atomic E-state index is 0.379. The first-order valence-corrected chi connectivity index (χ1v) is 8.35. The quantitative estimate of drug-likeness (QED) is 0.802. The Labute approximate surface area is 134 Å². The van der Waals surface area contributed by atoms with Gasteiger partial charge in [-0.3, -0.25) is 4.90 Å². The van der Waals surface area contributed by atoms with E-state index in [-0.39, 0.29) is 0 Å². The van der Waals surface area contributed by atoms with E-state index < -0.39 is 6.10 Å². The van der Waals surface area contributed by atoms with E-state index in [9.17, 15) is 5.11 Å². The molecule has 1 aromatic rings. The van der Waals surface area contributed by atoms with Crippen molar-refractivity contribution in [2.75, 3.05) is 26.8 Å². The van der Waals surface area contributed by atoms with E-state index in [1.165, 1.54) is 19.3 Å². The van der Waals surface area contributed by atoms with Gasteiger partial charge in [0.15, 0.2) is 0 Å². The first kappa shape index (κ1) is 17.3. The fourth-order valence-electron chi connectivity index (χ4n) is 3.16. The Kier molecular flexibility index (Phi) is 7.16. The van der Waals surface area contributed by atoms with Crippen LogP contribution in [-0.4, -0.2) is 49.0 Å². The van der Waals surface area contributed by atoms with Crippen molar-refractivity contribution in [2.45, 2.75) is 51.4 Å². The third-order valence-corrected chi connectivity index (χ3v) is 4.38. The van der Waals surface area contributed by atoms with Crippen LogP contribution in [0.25, 0.3) is 0 Å². The summed E-state index contributed by atoms with van der Waals surface area (Å²) in [6.07, 6.45) is 4.56. The van der Waals surface area contributed by atoms with Gasteiger partial charge in [-0.1, -0.05) is 25.5 Å². The van der Waals surface area contributed by atoms with Gasteiger partial charge in [-0.05, 0) is 43.5 Å². The van der Waals surface area contributed by atoms with Crippen molar-refractivity contribution in [2.24, 2.45) is 0 Å². The molecule has 0 bridgehead atoms. The summed E-state index contributed by atoms with van der Waals surface area (Å²) < 4.78 is 10.9. The zero-order chi connectivity index (χ0) is 15.8. The van der Waals surface area contributed by atoms with Crippen molar-refractivity contribution < 1.29 is 14.6 Å². The van der Waals surface area contributed by atoms with Crippen LogP contribution in [0.4, 0.5) is 0 Å². The molecule has 1 N–H and O–H groups in total. The van der Waals surface area contributed by atoms with E-state index in [4.69, 9.17) is 9.47 Å². The maximum atomic E-state index is 10.2. The molecule has 0 aliphatic carbocycles. The average molecular weight is 307 g/mol. The van der Waals surface area contributed by atoms with Gasteiger partial charge in [0.05, 0.1) is 26.4 Å².